The van der Waals surface area contributed by atoms with Gasteiger partial charge in [0.2, 0.25) is 0 Å². The molecule has 0 aliphatic carbocycles. The molecule has 1 rings (SSSR count). The molecule has 1 N–H and O–H groups in total. The second-order valence-corrected chi connectivity index (χ2v) is 4.67. The first kappa shape index (κ1) is 17.0. The van der Waals surface area contributed by atoms with Gasteiger partial charge in [0.05, 0.1) is 13.2 Å². The van der Waals surface area contributed by atoms with Crippen molar-refractivity contribution in [1.82, 2.24) is 10.2 Å². The van der Waals surface area contributed by atoms with Crippen molar-refractivity contribution >= 4 is 0 Å². The molecule has 1 aromatic carbocycles. The minimum absolute atomic E-state index is 0.598. The molecule has 0 saturated heterocycles. The minimum Gasteiger partial charge on any atom is -0.491 e. The molecule has 0 unspecified atom stereocenters. The Kier molecular flexibility index (Phi) is 9.04. The van der Waals surface area contributed by atoms with Crippen LogP contribution in [0, 0.1) is 0 Å². The zero-order chi connectivity index (χ0) is 14.6. The molecule has 0 saturated carbocycles. The number of hydrogen-bond donors (Lipinski definition) is 1. The van der Waals surface area contributed by atoms with Crippen LogP contribution in [0.3, 0.4) is 0 Å². The first-order chi connectivity index (χ1) is 9.80. The fourth-order valence-electron chi connectivity index (χ4n) is 2.00. The Labute approximate surface area is 123 Å². The standard InChI is InChI=1S/C16H28N2O2/c1-4-18(5-2)9-10-19-11-12-20-16-8-6-7-15(13-16)14-17-3/h6-8,13,17H,4-5,9-12,14H2,1-3H3. The predicted molar refractivity (Wildman–Crippen MR) is 83.3 cm³/mol. The summed E-state index contributed by atoms with van der Waals surface area (Å²) < 4.78 is 11.3. The molecule has 4 nitrogen and oxygen atoms in total. The van der Waals surface area contributed by atoms with Gasteiger partial charge in [0, 0.05) is 13.1 Å². The molecule has 0 aliphatic heterocycles. The van der Waals surface area contributed by atoms with Crippen molar-refractivity contribution in [2.45, 2.75) is 20.4 Å². The summed E-state index contributed by atoms with van der Waals surface area (Å²) in [5.41, 5.74) is 1.23. The predicted octanol–water partition coefficient (Wildman–Crippen LogP) is 2.14. The Bertz CT molecular complexity index is 354. The molecular weight excluding hydrogens is 252 g/mol. The number of nitrogens with zero attached hydrogens (tertiary/aromatic N) is 1. The van der Waals surface area contributed by atoms with Crippen molar-refractivity contribution in [3.63, 3.8) is 0 Å². The van der Waals surface area contributed by atoms with Crippen LogP contribution >= 0.6 is 0 Å². The van der Waals surface area contributed by atoms with Gasteiger partial charge < -0.3 is 19.7 Å². The number of rotatable bonds is 11. The summed E-state index contributed by atoms with van der Waals surface area (Å²) in [4.78, 5) is 2.35. The fraction of sp³-hybridized carbons (Fsp3) is 0.625. The van der Waals surface area contributed by atoms with Crippen LogP contribution in [-0.2, 0) is 11.3 Å². The third kappa shape index (κ3) is 6.89. The van der Waals surface area contributed by atoms with E-state index in [1.807, 2.05) is 19.2 Å². The van der Waals surface area contributed by atoms with Gasteiger partial charge in [0.15, 0.2) is 0 Å². The van der Waals surface area contributed by atoms with Crippen molar-refractivity contribution in [2.24, 2.45) is 0 Å². The van der Waals surface area contributed by atoms with E-state index in [4.69, 9.17) is 9.47 Å². The Morgan fingerprint density at radius 2 is 1.90 bits per heavy atom. The van der Waals surface area contributed by atoms with Gasteiger partial charge in [-0.3, -0.25) is 0 Å². The van der Waals surface area contributed by atoms with Crippen LogP contribution < -0.4 is 10.1 Å². The highest BCUT2D eigenvalue weighted by molar-refractivity contribution is 5.28. The lowest BCUT2D eigenvalue weighted by molar-refractivity contribution is 0.0819. The van der Waals surface area contributed by atoms with Gasteiger partial charge in [-0.1, -0.05) is 26.0 Å². The molecule has 20 heavy (non-hydrogen) atoms. The van der Waals surface area contributed by atoms with Gasteiger partial charge in [0.1, 0.15) is 12.4 Å². The van der Waals surface area contributed by atoms with Crippen LogP contribution in [-0.4, -0.2) is 51.4 Å². The zero-order valence-corrected chi connectivity index (χ0v) is 13.0. The summed E-state index contributed by atoms with van der Waals surface area (Å²) >= 11 is 0. The molecule has 0 radical (unpaired) electrons. The van der Waals surface area contributed by atoms with Crippen LogP contribution in [0.25, 0.3) is 0 Å². The maximum absolute atomic E-state index is 5.69. The summed E-state index contributed by atoms with van der Waals surface area (Å²) in [5, 5.41) is 3.13. The molecule has 0 aromatic heterocycles. The molecular formula is C16H28N2O2. The van der Waals surface area contributed by atoms with Gasteiger partial charge in [-0.25, -0.2) is 0 Å². The Morgan fingerprint density at radius 3 is 2.60 bits per heavy atom. The van der Waals surface area contributed by atoms with Crippen LogP contribution in [0.2, 0.25) is 0 Å². The maximum Gasteiger partial charge on any atom is 0.119 e. The van der Waals surface area contributed by atoms with E-state index in [1.165, 1.54) is 5.56 Å². The van der Waals surface area contributed by atoms with E-state index in [9.17, 15) is 0 Å². The van der Waals surface area contributed by atoms with E-state index >= 15 is 0 Å². The first-order valence-corrected chi connectivity index (χ1v) is 7.46. The van der Waals surface area contributed by atoms with Crippen LogP contribution in [0.15, 0.2) is 24.3 Å². The highest BCUT2D eigenvalue weighted by Gasteiger charge is 1.99. The Balaban J connectivity index is 2.13. The normalized spacial score (nSPS) is 11.0. The van der Waals surface area contributed by atoms with Crippen molar-refractivity contribution in [3.05, 3.63) is 29.8 Å². The van der Waals surface area contributed by atoms with Crippen molar-refractivity contribution < 1.29 is 9.47 Å². The highest BCUT2D eigenvalue weighted by atomic mass is 16.5. The number of likely N-dealkylation sites (N-methyl/N-ethyl adjacent to an activating group) is 1. The maximum atomic E-state index is 5.69. The fourth-order valence-corrected chi connectivity index (χ4v) is 2.00. The van der Waals surface area contributed by atoms with Crippen molar-refractivity contribution in [1.29, 1.82) is 0 Å². The summed E-state index contributed by atoms with van der Waals surface area (Å²) in [7, 11) is 1.94. The number of hydrogen-bond acceptors (Lipinski definition) is 4. The smallest absolute Gasteiger partial charge is 0.119 e. The second-order valence-electron chi connectivity index (χ2n) is 4.67. The van der Waals surface area contributed by atoms with E-state index in [2.05, 4.69) is 36.2 Å². The molecule has 0 amide bonds. The molecule has 0 spiro atoms. The lowest BCUT2D eigenvalue weighted by Gasteiger charge is -2.17. The average molecular weight is 280 g/mol. The van der Waals surface area contributed by atoms with Gasteiger partial charge in [-0.2, -0.15) is 0 Å². The summed E-state index contributed by atoms with van der Waals surface area (Å²) in [6.07, 6.45) is 0. The number of ether oxygens (including phenoxy) is 2. The van der Waals surface area contributed by atoms with Crippen LogP contribution in [0.1, 0.15) is 19.4 Å². The van der Waals surface area contributed by atoms with E-state index in [-0.39, 0.29) is 0 Å². The molecule has 0 fully saturated rings. The molecule has 0 aliphatic rings. The van der Waals surface area contributed by atoms with E-state index in [0.29, 0.717) is 13.2 Å². The topological polar surface area (TPSA) is 33.7 Å². The Hall–Kier alpha value is -1.10. The first-order valence-electron chi connectivity index (χ1n) is 7.46. The molecule has 4 heteroatoms. The van der Waals surface area contributed by atoms with Gasteiger partial charge in [0.25, 0.3) is 0 Å². The molecule has 1 aromatic rings. The lowest BCUT2D eigenvalue weighted by atomic mass is 10.2. The quantitative estimate of drug-likeness (QED) is 0.630. The van der Waals surface area contributed by atoms with Crippen molar-refractivity contribution in [3.8, 4) is 5.75 Å². The minimum atomic E-state index is 0.598. The van der Waals surface area contributed by atoms with Gasteiger partial charge in [-0.15, -0.1) is 0 Å². The van der Waals surface area contributed by atoms with Gasteiger partial charge >= 0.3 is 0 Å². The van der Waals surface area contributed by atoms with E-state index < -0.39 is 0 Å². The molecule has 0 heterocycles. The average Bonchev–Trinajstić information content (AvgIpc) is 2.47. The summed E-state index contributed by atoms with van der Waals surface area (Å²) in [6.45, 7) is 10.4. The summed E-state index contributed by atoms with van der Waals surface area (Å²) in [5.74, 6) is 0.907. The van der Waals surface area contributed by atoms with E-state index in [0.717, 1.165) is 38.5 Å². The number of benzene rings is 1. The highest BCUT2D eigenvalue weighted by Crippen LogP contribution is 2.12. The monoisotopic (exact) mass is 280 g/mol. The van der Waals surface area contributed by atoms with Crippen LogP contribution in [0.4, 0.5) is 0 Å². The second kappa shape index (κ2) is 10.7. The largest absolute Gasteiger partial charge is 0.491 e. The molecule has 0 atom stereocenters. The Morgan fingerprint density at radius 1 is 1.10 bits per heavy atom. The lowest BCUT2D eigenvalue weighted by Crippen LogP contribution is -2.27. The van der Waals surface area contributed by atoms with Crippen LogP contribution in [0.5, 0.6) is 5.75 Å². The third-order valence-corrected chi connectivity index (χ3v) is 3.22. The molecule has 114 valence electrons. The van der Waals surface area contributed by atoms with E-state index in [1.54, 1.807) is 0 Å². The zero-order valence-electron chi connectivity index (χ0n) is 13.0. The van der Waals surface area contributed by atoms with Gasteiger partial charge in [-0.05, 0) is 37.8 Å². The SMILES string of the molecule is CCN(CC)CCOCCOc1cccc(CNC)c1. The third-order valence-electron chi connectivity index (χ3n) is 3.22. The number of nitrogens with one attached hydrogen (secondary N) is 1. The summed E-state index contributed by atoms with van der Waals surface area (Å²) in [6, 6.07) is 8.15. The molecule has 0 bridgehead atoms. The van der Waals surface area contributed by atoms with Crippen molar-refractivity contribution in [2.75, 3.05) is 46.5 Å².